The van der Waals surface area contributed by atoms with Crippen LogP contribution in [0.15, 0.2) is 85.1 Å². The molecule has 0 spiro atoms. The van der Waals surface area contributed by atoms with Gasteiger partial charge in [0.2, 0.25) is 0 Å². The van der Waals surface area contributed by atoms with E-state index in [1.54, 1.807) is 12.2 Å². The minimum Gasteiger partial charge on any atom is -0.462 e. The van der Waals surface area contributed by atoms with Crippen molar-refractivity contribution in [1.82, 2.24) is 0 Å². The molecule has 0 heterocycles. The lowest BCUT2D eigenvalue weighted by molar-refractivity contribution is -0.870. The highest BCUT2D eigenvalue weighted by Gasteiger charge is 2.28. The maximum atomic E-state index is 12.8. The van der Waals surface area contributed by atoms with Crippen molar-refractivity contribution in [2.45, 2.75) is 154 Å². The Labute approximate surface area is 375 Å². The number of hydrogen-bond donors (Lipinski definition) is 2. The number of aliphatic hydroxyl groups excluding tert-OH is 1. The Hall–Kier alpha value is -3.18. The van der Waals surface area contributed by atoms with Crippen molar-refractivity contribution in [3.63, 3.8) is 0 Å². The van der Waals surface area contributed by atoms with E-state index in [0.717, 1.165) is 57.8 Å². The molecule has 1 aliphatic rings. The number of carbonyl (C=O) groups is 3. The Balaban J connectivity index is 2.47. The number of phosphoric ester groups is 1. The number of likely N-dealkylation sites (N-methyl/N-ethyl adjacent to an activating group) is 1. The van der Waals surface area contributed by atoms with E-state index >= 15 is 0 Å². The second-order valence-electron chi connectivity index (χ2n) is 17.1. The minimum atomic E-state index is -4.45. The SMILES string of the molecule is CCCCC/C=C\C/C=C\C/C=C\C/C=C\CCCCCC(=O)OC[C@H](COP(=O)(O)OCC[N+](C)(C)C)OC(=O)CCC/C=C\C[C@H]1C=CC(=O)[C@@H]1/C=C/[C@@H](O)CCCCC. The van der Waals surface area contributed by atoms with E-state index in [-0.39, 0.29) is 43.7 Å². The molecule has 1 aliphatic carbocycles. The van der Waals surface area contributed by atoms with Crippen LogP contribution in [0.3, 0.4) is 0 Å². The van der Waals surface area contributed by atoms with E-state index in [9.17, 15) is 28.9 Å². The third kappa shape index (κ3) is 33.4. The van der Waals surface area contributed by atoms with Gasteiger partial charge in [0.15, 0.2) is 11.9 Å². The Kier molecular flexibility index (Phi) is 33.2. The molecule has 0 bridgehead atoms. The number of nitrogens with zero attached hydrogens (tertiary/aromatic N) is 1. The first kappa shape index (κ1) is 56.8. The number of rotatable bonds is 38. The number of phosphoric acid groups is 1. The fourth-order valence-corrected chi connectivity index (χ4v) is 7.08. The zero-order valence-electron chi connectivity index (χ0n) is 38.9. The molecule has 0 aromatic rings. The summed E-state index contributed by atoms with van der Waals surface area (Å²) in [4.78, 5) is 48.0. The largest absolute Gasteiger partial charge is 0.472 e. The number of ether oxygens (including phenoxy) is 2. The van der Waals surface area contributed by atoms with Gasteiger partial charge in [-0.15, -0.1) is 0 Å². The summed E-state index contributed by atoms with van der Waals surface area (Å²) in [5, 5.41) is 10.2. The number of carbonyl (C=O) groups excluding carboxylic acids is 3. The summed E-state index contributed by atoms with van der Waals surface area (Å²) >= 11 is 0. The van der Waals surface area contributed by atoms with Crippen molar-refractivity contribution in [3.05, 3.63) is 85.1 Å². The van der Waals surface area contributed by atoms with Crippen molar-refractivity contribution in [1.29, 1.82) is 0 Å². The van der Waals surface area contributed by atoms with Crippen LogP contribution in [-0.2, 0) is 37.5 Å². The number of allylic oxidation sites excluding steroid dienone is 13. The summed E-state index contributed by atoms with van der Waals surface area (Å²) in [6, 6.07) is 0. The zero-order valence-corrected chi connectivity index (χ0v) is 39.8. The van der Waals surface area contributed by atoms with Gasteiger partial charge in [-0.05, 0) is 89.0 Å². The van der Waals surface area contributed by atoms with E-state index in [0.29, 0.717) is 43.1 Å². The first-order chi connectivity index (χ1) is 29.8. The van der Waals surface area contributed by atoms with Gasteiger partial charge in [0.1, 0.15) is 19.8 Å². The number of aliphatic hydroxyl groups is 1. The van der Waals surface area contributed by atoms with Gasteiger partial charge in [-0.3, -0.25) is 23.4 Å². The summed E-state index contributed by atoms with van der Waals surface area (Å²) < 4.78 is 34.3. The van der Waals surface area contributed by atoms with Gasteiger partial charge in [-0.25, -0.2) is 4.57 Å². The monoisotopic (exact) mass is 889 g/mol. The lowest BCUT2D eigenvalue weighted by atomic mass is 9.90. The lowest BCUT2D eigenvalue weighted by Gasteiger charge is -2.24. The maximum absolute atomic E-state index is 12.8. The topological polar surface area (TPSA) is 146 Å². The van der Waals surface area contributed by atoms with Gasteiger partial charge < -0.3 is 24.0 Å². The first-order valence-electron chi connectivity index (χ1n) is 23.4. The standard InChI is InChI=1S/C50H82NO10P/c1-6-8-10-11-12-13-14-15-16-17-18-19-20-21-22-23-24-25-30-34-49(54)58-42-46(43-60-62(56,57)59-41-40-51(3,4)5)61-50(55)35-31-27-26-29-32-44-36-39-48(53)47(44)38-37-45(52)33-28-9-7-2/h12-13,15-16,18-19,21-22,26,29,36-39,44-47,52H,6-11,14,17,20,23-25,27-28,30-35,40-43H2,1-5H3/p+1/b13-12-,16-15-,19-18-,22-21-,29-26-,38-37+/t44-,45-,46+,47+/m0/s1. The second kappa shape index (κ2) is 36.2. The van der Waals surface area contributed by atoms with Gasteiger partial charge in [0, 0.05) is 18.8 Å². The molecule has 1 rings (SSSR count). The van der Waals surface area contributed by atoms with Crippen molar-refractivity contribution in [2.24, 2.45) is 11.8 Å². The number of ketones is 1. The second-order valence-corrected chi connectivity index (χ2v) is 18.5. The molecule has 62 heavy (non-hydrogen) atoms. The van der Waals surface area contributed by atoms with Crippen LogP contribution in [0.25, 0.3) is 0 Å². The molecule has 0 fully saturated rings. The van der Waals surface area contributed by atoms with Crippen LogP contribution >= 0.6 is 7.82 Å². The summed E-state index contributed by atoms with van der Waals surface area (Å²) in [7, 11) is 1.32. The van der Waals surface area contributed by atoms with Crippen molar-refractivity contribution >= 4 is 25.5 Å². The van der Waals surface area contributed by atoms with Crippen LogP contribution in [0.4, 0.5) is 0 Å². The highest BCUT2D eigenvalue weighted by atomic mass is 31.2. The molecule has 0 aromatic heterocycles. The predicted octanol–water partition coefficient (Wildman–Crippen LogP) is 11.2. The summed E-state index contributed by atoms with van der Waals surface area (Å²) in [6.45, 7) is 4.00. The summed E-state index contributed by atoms with van der Waals surface area (Å²) in [5.74, 6) is -1.23. The lowest BCUT2D eigenvalue weighted by Crippen LogP contribution is -2.37. The molecular weight excluding hydrogens is 806 g/mol. The van der Waals surface area contributed by atoms with Gasteiger partial charge in [0.05, 0.1) is 33.9 Å². The predicted molar refractivity (Wildman–Crippen MR) is 251 cm³/mol. The fraction of sp³-hybridized carbons (Fsp3) is 0.660. The molecular formula is C50H83NO10P+. The average molecular weight is 889 g/mol. The maximum Gasteiger partial charge on any atom is 0.472 e. The van der Waals surface area contributed by atoms with Crippen molar-refractivity contribution < 1.29 is 52.0 Å². The number of unbranched alkanes of at least 4 members (excludes halogenated alkanes) is 9. The smallest absolute Gasteiger partial charge is 0.462 e. The molecule has 0 aromatic carbocycles. The molecule has 0 aliphatic heterocycles. The summed E-state index contributed by atoms with van der Waals surface area (Å²) in [6.07, 6.45) is 44.0. The zero-order chi connectivity index (χ0) is 45.7. The molecule has 12 heteroatoms. The van der Waals surface area contributed by atoms with Crippen molar-refractivity contribution in [3.8, 4) is 0 Å². The van der Waals surface area contributed by atoms with E-state index in [1.807, 2.05) is 45.4 Å². The third-order valence-corrected chi connectivity index (χ3v) is 11.1. The third-order valence-electron chi connectivity index (χ3n) is 10.1. The van der Waals surface area contributed by atoms with Gasteiger partial charge in [0.25, 0.3) is 0 Å². The van der Waals surface area contributed by atoms with Crippen molar-refractivity contribution in [2.75, 3.05) is 47.5 Å². The Morgan fingerprint density at radius 3 is 1.97 bits per heavy atom. The van der Waals surface area contributed by atoms with E-state index in [2.05, 4.69) is 62.5 Å². The van der Waals surface area contributed by atoms with Crippen LogP contribution in [0.2, 0.25) is 0 Å². The molecule has 0 saturated carbocycles. The Bertz CT molecular complexity index is 1470. The molecule has 0 saturated heterocycles. The molecule has 0 amide bonds. The van der Waals surface area contributed by atoms with Crippen LogP contribution < -0.4 is 0 Å². The van der Waals surface area contributed by atoms with Gasteiger partial charge >= 0.3 is 19.8 Å². The molecule has 352 valence electrons. The molecule has 2 N–H and O–H groups in total. The van der Waals surface area contributed by atoms with E-state index < -0.39 is 38.6 Å². The Morgan fingerprint density at radius 2 is 1.32 bits per heavy atom. The highest BCUT2D eigenvalue weighted by Crippen LogP contribution is 2.43. The van der Waals surface area contributed by atoms with Crippen LogP contribution in [0.1, 0.15) is 142 Å². The number of esters is 2. The van der Waals surface area contributed by atoms with Crippen LogP contribution in [0, 0.1) is 11.8 Å². The quantitative estimate of drug-likeness (QED) is 0.0202. The van der Waals surface area contributed by atoms with E-state index in [1.165, 1.54) is 25.7 Å². The van der Waals surface area contributed by atoms with Gasteiger partial charge in [-0.2, -0.15) is 0 Å². The summed E-state index contributed by atoms with van der Waals surface area (Å²) in [5.41, 5.74) is 0. The number of hydrogen-bond acceptors (Lipinski definition) is 9. The molecule has 0 radical (unpaired) electrons. The van der Waals surface area contributed by atoms with E-state index in [4.69, 9.17) is 18.5 Å². The Morgan fingerprint density at radius 1 is 0.742 bits per heavy atom. The van der Waals surface area contributed by atoms with Crippen LogP contribution in [0.5, 0.6) is 0 Å². The normalized spacial score (nSPS) is 18.1. The molecule has 1 unspecified atom stereocenters. The fourth-order valence-electron chi connectivity index (χ4n) is 6.34. The first-order valence-corrected chi connectivity index (χ1v) is 24.9. The minimum absolute atomic E-state index is 0.0143. The molecule has 5 atom stereocenters. The molecule has 11 nitrogen and oxygen atoms in total. The average Bonchev–Trinajstić information content (AvgIpc) is 3.57. The van der Waals surface area contributed by atoms with Crippen LogP contribution in [-0.4, -0.2) is 91.9 Å². The number of quaternary nitrogens is 1. The highest BCUT2D eigenvalue weighted by molar-refractivity contribution is 7.47. The van der Waals surface area contributed by atoms with Gasteiger partial charge in [-0.1, -0.05) is 131 Å².